The average Bonchev–Trinajstić information content (AvgIpc) is 2.93. The van der Waals surface area contributed by atoms with Crippen LogP contribution in [0.2, 0.25) is 5.02 Å². The lowest BCUT2D eigenvalue weighted by Crippen LogP contribution is -2.31. The van der Waals surface area contributed by atoms with Crippen LogP contribution in [0.4, 0.5) is 11.4 Å². The van der Waals surface area contributed by atoms with E-state index in [1.165, 1.54) is 25.1 Å². The molecule has 1 aromatic carbocycles. The topological polar surface area (TPSA) is 110 Å². The zero-order valence-electron chi connectivity index (χ0n) is 16.3. The molecule has 2 unspecified atom stereocenters. The minimum atomic E-state index is -3.50. The molecule has 8 nitrogen and oxygen atoms in total. The molecule has 2 amide bonds. The number of amides is 2. The molecule has 0 bridgehead atoms. The summed E-state index contributed by atoms with van der Waals surface area (Å²) < 4.78 is 24.6. The van der Waals surface area contributed by atoms with E-state index >= 15 is 0 Å². The fourth-order valence-corrected chi connectivity index (χ4v) is 3.19. The van der Waals surface area contributed by atoms with Crippen molar-refractivity contribution in [3.8, 4) is 0 Å². The van der Waals surface area contributed by atoms with Gasteiger partial charge in [-0.2, -0.15) is 5.10 Å². The predicted molar refractivity (Wildman–Crippen MR) is 109 cm³/mol. The van der Waals surface area contributed by atoms with Crippen LogP contribution in [0.3, 0.4) is 0 Å². The van der Waals surface area contributed by atoms with Gasteiger partial charge in [0.1, 0.15) is 11.3 Å². The SMILES string of the molecule is Cc1cc(C)n(C(C)C(=O)Nc2ccc(NC(=O)C(C)S(C)(=O)=O)cc2Cl)n1. The Morgan fingerprint density at radius 1 is 1.11 bits per heavy atom. The van der Waals surface area contributed by atoms with E-state index in [9.17, 15) is 18.0 Å². The number of hydrogen-bond donors (Lipinski definition) is 2. The van der Waals surface area contributed by atoms with Gasteiger partial charge in [-0.15, -0.1) is 0 Å². The van der Waals surface area contributed by atoms with Crippen molar-refractivity contribution in [1.29, 1.82) is 0 Å². The quantitative estimate of drug-likeness (QED) is 0.737. The zero-order chi connectivity index (χ0) is 21.2. The highest BCUT2D eigenvalue weighted by Crippen LogP contribution is 2.27. The Morgan fingerprint density at radius 2 is 1.75 bits per heavy atom. The normalized spacial score (nSPS) is 13.6. The first-order valence-electron chi connectivity index (χ1n) is 8.53. The highest BCUT2D eigenvalue weighted by molar-refractivity contribution is 7.92. The van der Waals surface area contributed by atoms with Crippen LogP contribution in [0.5, 0.6) is 0 Å². The summed E-state index contributed by atoms with van der Waals surface area (Å²) in [4.78, 5) is 24.5. The smallest absolute Gasteiger partial charge is 0.248 e. The van der Waals surface area contributed by atoms with Crippen molar-refractivity contribution in [1.82, 2.24) is 9.78 Å². The molecule has 2 aromatic rings. The largest absolute Gasteiger partial charge is 0.325 e. The summed E-state index contributed by atoms with van der Waals surface area (Å²) >= 11 is 6.21. The van der Waals surface area contributed by atoms with Crippen LogP contribution in [0, 0.1) is 13.8 Å². The van der Waals surface area contributed by atoms with Crippen LogP contribution in [-0.2, 0) is 19.4 Å². The summed E-state index contributed by atoms with van der Waals surface area (Å²) in [6.07, 6.45) is 0.993. The van der Waals surface area contributed by atoms with E-state index in [0.29, 0.717) is 11.4 Å². The van der Waals surface area contributed by atoms with Gasteiger partial charge in [-0.3, -0.25) is 14.3 Å². The number of aromatic nitrogens is 2. The van der Waals surface area contributed by atoms with Crippen molar-refractivity contribution in [2.45, 2.75) is 39.0 Å². The Morgan fingerprint density at radius 3 is 2.25 bits per heavy atom. The first-order valence-corrected chi connectivity index (χ1v) is 10.9. The summed E-state index contributed by atoms with van der Waals surface area (Å²) in [6, 6.07) is 5.85. The second-order valence-electron chi connectivity index (χ2n) is 6.69. The molecule has 2 rings (SSSR count). The van der Waals surface area contributed by atoms with Crippen LogP contribution in [0.25, 0.3) is 0 Å². The van der Waals surface area contributed by atoms with Gasteiger partial charge in [-0.05, 0) is 52.0 Å². The summed E-state index contributed by atoms with van der Waals surface area (Å²) in [7, 11) is -3.50. The number of halogens is 1. The highest BCUT2D eigenvalue weighted by Gasteiger charge is 2.24. The number of carbonyl (C=O) groups is 2. The maximum Gasteiger partial charge on any atom is 0.248 e. The molecule has 0 spiro atoms. The van der Waals surface area contributed by atoms with Crippen LogP contribution >= 0.6 is 11.6 Å². The van der Waals surface area contributed by atoms with Crippen molar-refractivity contribution in [3.05, 3.63) is 40.7 Å². The molecule has 0 fully saturated rings. The van der Waals surface area contributed by atoms with Gasteiger partial charge in [0.2, 0.25) is 11.8 Å². The summed E-state index contributed by atoms with van der Waals surface area (Å²) in [5.41, 5.74) is 2.38. The van der Waals surface area contributed by atoms with Crippen molar-refractivity contribution < 1.29 is 18.0 Å². The number of sulfone groups is 1. The summed E-state index contributed by atoms with van der Waals surface area (Å²) in [6.45, 7) is 6.75. The Hall–Kier alpha value is -2.39. The van der Waals surface area contributed by atoms with Gasteiger partial charge in [0.15, 0.2) is 9.84 Å². The van der Waals surface area contributed by atoms with E-state index in [1.807, 2.05) is 19.9 Å². The third-order valence-corrected chi connectivity index (χ3v) is 6.11. The molecule has 28 heavy (non-hydrogen) atoms. The Labute approximate surface area is 169 Å². The van der Waals surface area contributed by atoms with Crippen molar-refractivity contribution >= 4 is 44.6 Å². The first kappa shape index (κ1) is 21.9. The van der Waals surface area contributed by atoms with Crippen LogP contribution in [0.1, 0.15) is 31.3 Å². The average molecular weight is 427 g/mol. The fourth-order valence-electron chi connectivity index (χ4n) is 2.52. The van der Waals surface area contributed by atoms with E-state index in [4.69, 9.17) is 11.6 Å². The number of nitrogens with one attached hydrogen (secondary N) is 2. The second kappa shape index (κ2) is 8.32. The fraction of sp³-hybridized carbons (Fsp3) is 0.389. The maximum absolute atomic E-state index is 12.5. The van der Waals surface area contributed by atoms with E-state index in [-0.39, 0.29) is 10.9 Å². The molecule has 0 aliphatic rings. The Balaban J connectivity index is 2.11. The van der Waals surface area contributed by atoms with Crippen LogP contribution in [0.15, 0.2) is 24.3 Å². The lowest BCUT2D eigenvalue weighted by Gasteiger charge is -2.16. The standard InChI is InChI=1S/C18H23ClN4O4S/c1-10-8-11(2)23(22-10)12(3)17(24)21-16-7-6-14(9-15(16)19)20-18(25)13(4)28(5,26)27/h6-9,12-13H,1-5H3,(H,20,25)(H,21,24). The molecule has 0 saturated heterocycles. The van der Waals surface area contributed by atoms with E-state index in [1.54, 1.807) is 11.6 Å². The summed E-state index contributed by atoms with van der Waals surface area (Å²) in [5, 5.41) is 8.56. The number of carbonyl (C=O) groups excluding carboxylic acids is 2. The van der Waals surface area contributed by atoms with Gasteiger partial charge in [0.05, 0.1) is 16.4 Å². The van der Waals surface area contributed by atoms with E-state index < -0.39 is 27.0 Å². The van der Waals surface area contributed by atoms with E-state index in [0.717, 1.165) is 17.6 Å². The molecule has 0 saturated carbocycles. The number of nitrogens with zero attached hydrogens (tertiary/aromatic N) is 2. The molecule has 1 aromatic heterocycles. The third kappa shape index (κ3) is 5.11. The zero-order valence-corrected chi connectivity index (χ0v) is 17.9. The minimum absolute atomic E-state index is 0.207. The van der Waals surface area contributed by atoms with Crippen LogP contribution < -0.4 is 10.6 Å². The molecule has 0 radical (unpaired) electrons. The molecule has 152 valence electrons. The van der Waals surface area contributed by atoms with Crippen molar-refractivity contribution in [2.75, 3.05) is 16.9 Å². The van der Waals surface area contributed by atoms with Gasteiger partial charge >= 0.3 is 0 Å². The molecule has 2 N–H and O–H groups in total. The number of benzene rings is 1. The van der Waals surface area contributed by atoms with Gasteiger partial charge in [0, 0.05) is 17.6 Å². The van der Waals surface area contributed by atoms with Gasteiger partial charge in [-0.25, -0.2) is 8.42 Å². The maximum atomic E-state index is 12.5. The Kier molecular flexibility index (Phi) is 6.51. The molecule has 2 atom stereocenters. The number of hydrogen-bond acceptors (Lipinski definition) is 5. The third-order valence-electron chi connectivity index (χ3n) is 4.30. The molecular formula is C18H23ClN4O4S. The monoisotopic (exact) mass is 426 g/mol. The molecule has 0 aliphatic carbocycles. The van der Waals surface area contributed by atoms with Gasteiger partial charge < -0.3 is 10.6 Å². The highest BCUT2D eigenvalue weighted by atomic mass is 35.5. The summed E-state index contributed by atoms with van der Waals surface area (Å²) in [5.74, 6) is -0.955. The number of aryl methyl sites for hydroxylation is 2. The lowest BCUT2D eigenvalue weighted by atomic mass is 10.2. The lowest BCUT2D eigenvalue weighted by molar-refractivity contribution is -0.119. The predicted octanol–water partition coefficient (Wildman–Crippen LogP) is 2.72. The minimum Gasteiger partial charge on any atom is -0.325 e. The molecule has 1 heterocycles. The Bertz CT molecular complexity index is 1020. The first-order chi connectivity index (χ1) is 12.9. The number of anilines is 2. The van der Waals surface area contributed by atoms with Crippen molar-refractivity contribution in [2.24, 2.45) is 0 Å². The van der Waals surface area contributed by atoms with Gasteiger partial charge in [0.25, 0.3) is 0 Å². The van der Waals surface area contributed by atoms with E-state index in [2.05, 4.69) is 15.7 Å². The molecule has 0 aliphatic heterocycles. The second-order valence-corrected chi connectivity index (χ2v) is 9.47. The van der Waals surface area contributed by atoms with Crippen molar-refractivity contribution in [3.63, 3.8) is 0 Å². The van der Waals surface area contributed by atoms with Gasteiger partial charge in [-0.1, -0.05) is 11.6 Å². The number of rotatable bonds is 6. The molecular weight excluding hydrogens is 404 g/mol. The molecule has 10 heteroatoms. The van der Waals surface area contributed by atoms with Crippen LogP contribution in [-0.4, -0.2) is 41.5 Å².